The van der Waals surface area contributed by atoms with Crippen molar-refractivity contribution in [1.82, 2.24) is 0 Å². The summed E-state index contributed by atoms with van der Waals surface area (Å²) in [4.78, 5) is 0. The van der Waals surface area contributed by atoms with Crippen LogP contribution in [0.5, 0.6) is 0 Å². The van der Waals surface area contributed by atoms with Crippen molar-refractivity contribution in [3.8, 4) is 0 Å². The van der Waals surface area contributed by atoms with Crippen molar-refractivity contribution in [2.75, 3.05) is 0 Å². The fourth-order valence-electron chi connectivity index (χ4n) is 6.12. The van der Waals surface area contributed by atoms with Gasteiger partial charge in [0.15, 0.2) is 33.3 Å². The van der Waals surface area contributed by atoms with Gasteiger partial charge in [0.25, 0.3) is 0 Å². The zero-order valence-electron chi connectivity index (χ0n) is 45.3. The Morgan fingerprint density at radius 2 is 0.509 bits per heavy atom. The van der Waals surface area contributed by atoms with E-state index in [0.717, 1.165) is 0 Å². The van der Waals surface area contributed by atoms with Crippen LogP contribution in [0, 0.1) is 5.41 Å². The third kappa shape index (κ3) is 23.3. The Labute approximate surface area is 383 Å². The first-order chi connectivity index (χ1) is 23.6. The van der Waals surface area contributed by atoms with Crippen molar-refractivity contribution < 1.29 is 17.7 Å². The van der Waals surface area contributed by atoms with Gasteiger partial charge in [-0.15, -0.1) is 33.2 Å². The van der Waals surface area contributed by atoms with E-state index in [4.69, 9.17) is 50.9 Å². The van der Waals surface area contributed by atoms with Crippen LogP contribution < -0.4 is 0 Å². The SMILES string of the molecule is CC(C)(O[Si](C)(C)C)C(C)(C)C(C)(C)[Si](C)(C)C.CC(C)(O[Si](C)(C)C)C(C)(C)[Si](C)(C)C.CC(C)(O[Si](C)(C)C)[Si](C)(C)C.CC(C)(O[Si](C)(C)C)[Si](Cl)(Cl)Cl. The van der Waals surface area contributed by atoms with Gasteiger partial charge in [0.1, 0.15) is 0 Å². The molecule has 0 N–H and O–H groups in total. The largest absolute Gasteiger partial charge is 0.415 e. The quantitative estimate of drug-likeness (QED) is 0.121. The van der Waals surface area contributed by atoms with E-state index in [9.17, 15) is 0 Å². The van der Waals surface area contributed by atoms with Gasteiger partial charge in [-0.05, 0) is 149 Å². The predicted molar refractivity (Wildman–Crippen MR) is 289 cm³/mol. The van der Waals surface area contributed by atoms with Crippen molar-refractivity contribution in [2.45, 2.75) is 266 Å². The van der Waals surface area contributed by atoms with Crippen molar-refractivity contribution in [3.63, 3.8) is 0 Å². The van der Waals surface area contributed by atoms with E-state index < -0.39 is 68.7 Å². The summed E-state index contributed by atoms with van der Waals surface area (Å²) in [6.45, 7) is 80.2. The lowest BCUT2D eigenvalue weighted by atomic mass is 9.68. The maximum Gasteiger partial charge on any atom is 0.370 e. The Bertz CT molecular complexity index is 1160. The third-order valence-corrected chi connectivity index (χ3v) is 36.0. The molecule has 0 unspecified atom stereocenters. The van der Waals surface area contributed by atoms with E-state index in [2.05, 4.69) is 221 Å². The summed E-state index contributed by atoms with van der Waals surface area (Å²) in [5.74, 6) is 0. The van der Waals surface area contributed by atoms with Gasteiger partial charge in [-0.2, -0.15) is 0 Å². The zero-order valence-corrected chi connectivity index (χ0v) is 55.5. The number of rotatable bonds is 15. The van der Waals surface area contributed by atoms with Gasteiger partial charge in [0, 0.05) is 5.22 Å². The van der Waals surface area contributed by atoms with Gasteiger partial charge < -0.3 is 17.7 Å². The monoisotopic (exact) mass is 1000 g/mol. The van der Waals surface area contributed by atoms with Crippen LogP contribution in [-0.4, -0.2) is 85.1 Å². The minimum absolute atomic E-state index is 0.0120. The molecule has 0 rings (SSSR count). The first kappa shape index (κ1) is 66.1. The lowest BCUT2D eigenvalue weighted by Crippen LogP contribution is -2.58. The van der Waals surface area contributed by atoms with Gasteiger partial charge in [-0.25, -0.2) is 0 Å². The molecule has 0 saturated carbocycles. The molecule has 0 aromatic heterocycles. The second-order valence-electron chi connectivity index (χ2n) is 27.0. The Morgan fingerprint density at radius 3 is 0.667 bits per heavy atom. The Hall–Kier alpha value is 2.45. The van der Waals surface area contributed by atoms with E-state index in [1.807, 2.05) is 13.8 Å². The van der Waals surface area contributed by atoms with Gasteiger partial charge in [0.05, 0.1) is 40.6 Å². The summed E-state index contributed by atoms with van der Waals surface area (Å²) in [6, 6.07) is -2.77. The molecule has 0 saturated heterocycles. The Balaban J connectivity index is -0.000000333. The van der Waals surface area contributed by atoms with Crippen LogP contribution in [0.3, 0.4) is 0 Å². The van der Waals surface area contributed by atoms with Crippen LogP contribution in [0.25, 0.3) is 0 Å². The van der Waals surface area contributed by atoms with Gasteiger partial charge in [0.2, 0.25) is 0 Å². The molecular weight excluding hydrogens is 900 g/mol. The predicted octanol–water partition coefficient (Wildman–Crippen LogP) is 17.8. The molecule has 0 spiro atoms. The minimum atomic E-state index is -2.77. The van der Waals surface area contributed by atoms with E-state index >= 15 is 0 Å². The van der Waals surface area contributed by atoms with Crippen LogP contribution in [0.2, 0.25) is 148 Å². The maximum absolute atomic E-state index is 6.53. The first-order valence-electron chi connectivity index (χ1n) is 21.4. The molecule has 0 aliphatic carbocycles. The van der Waals surface area contributed by atoms with Crippen molar-refractivity contribution >= 4 is 96.7 Å². The minimum Gasteiger partial charge on any atom is -0.415 e. The molecule has 0 fully saturated rings. The fraction of sp³-hybridized carbons (Fsp3) is 1.00. The highest BCUT2D eigenvalue weighted by molar-refractivity contribution is 7.65. The molecule has 0 atom stereocenters. The average molecular weight is 1010 g/mol. The summed E-state index contributed by atoms with van der Waals surface area (Å²) < 4.78 is 24.9. The summed E-state index contributed by atoms with van der Waals surface area (Å²) >= 11 is 17.7. The molecule has 350 valence electrons. The van der Waals surface area contributed by atoms with Crippen LogP contribution in [0.4, 0.5) is 0 Å². The molecule has 0 radical (unpaired) electrons. The zero-order chi connectivity index (χ0) is 48.3. The maximum atomic E-state index is 6.53. The van der Waals surface area contributed by atoms with E-state index in [0.29, 0.717) is 10.1 Å². The number of hydrogen-bond acceptors (Lipinski definition) is 4. The topological polar surface area (TPSA) is 36.9 Å². The summed E-state index contributed by atoms with van der Waals surface area (Å²) in [5, 5.41) is 0.156. The van der Waals surface area contributed by atoms with Crippen LogP contribution in [0.1, 0.15) is 96.9 Å². The molecule has 0 aliphatic rings. The molecule has 0 aliphatic heterocycles. The summed E-state index contributed by atoms with van der Waals surface area (Å²) in [7, 11) is -9.65. The smallest absolute Gasteiger partial charge is 0.370 e. The first-order valence-corrected chi connectivity index (χ1v) is 50.6. The number of hydrogen-bond donors (Lipinski definition) is 0. The number of halogens is 3. The Kier molecular flexibility index (Phi) is 24.0. The molecule has 57 heavy (non-hydrogen) atoms. The lowest BCUT2D eigenvalue weighted by Gasteiger charge is -2.58. The molecule has 0 amide bonds. The lowest BCUT2D eigenvalue weighted by molar-refractivity contribution is -0.0418. The van der Waals surface area contributed by atoms with Crippen molar-refractivity contribution in [2.24, 2.45) is 5.41 Å². The molecule has 0 aromatic carbocycles. The van der Waals surface area contributed by atoms with Crippen LogP contribution in [-0.2, 0) is 17.7 Å². The Morgan fingerprint density at radius 1 is 0.281 bits per heavy atom. The highest BCUT2D eigenvalue weighted by atomic mass is 35.8. The van der Waals surface area contributed by atoms with Crippen LogP contribution in [0.15, 0.2) is 0 Å². The normalized spacial score (nSPS) is 15.5. The van der Waals surface area contributed by atoms with Gasteiger partial charge >= 0.3 is 6.00 Å². The second-order valence-corrected chi connectivity index (χ2v) is 71.0. The highest BCUT2D eigenvalue weighted by Crippen LogP contribution is 2.58. The molecule has 0 heterocycles. The summed E-state index contributed by atoms with van der Waals surface area (Å²) in [6.07, 6.45) is 0. The second kappa shape index (κ2) is 20.7. The average Bonchev–Trinajstić information content (AvgIpc) is 2.76. The van der Waals surface area contributed by atoms with E-state index in [1.54, 1.807) is 0 Å². The van der Waals surface area contributed by atoms with Gasteiger partial charge in [-0.1, -0.05) is 100 Å². The van der Waals surface area contributed by atoms with E-state index in [1.165, 1.54) is 0 Å². The molecular formula is C42H105Cl3O4Si8. The molecule has 4 nitrogen and oxygen atoms in total. The van der Waals surface area contributed by atoms with Crippen molar-refractivity contribution in [3.05, 3.63) is 0 Å². The molecule has 0 bridgehead atoms. The van der Waals surface area contributed by atoms with Crippen molar-refractivity contribution in [1.29, 1.82) is 0 Å². The third-order valence-electron chi connectivity index (χ3n) is 13.1. The van der Waals surface area contributed by atoms with Gasteiger partial charge in [-0.3, -0.25) is 0 Å². The fourth-order valence-corrected chi connectivity index (χ4v) is 21.5. The van der Waals surface area contributed by atoms with E-state index in [-0.39, 0.29) is 21.8 Å². The summed E-state index contributed by atoms with van der Waals surface area (Å²) in [5.41, 5.74) is 0.0634. The molecule has 0 aromatic rings. The standard InChI is InChI=1S/C15H36OSi2.C12H30OSi2.C9H24OSi2.C6H15Cl3OSi2/c1-13(2,15(5,6)17(7,8)9)14(3,4)16-18(10,11)12;1-11(2,13-15(8,9)10)12(3,4)14(5,6)7;1-9(2,11(3,4)5)10-12(6,7)8;1-6(2,12(7,8)9)10-11(3,4)5/h1-12H3;1-10H3;1-8H3;1-5H3. The highest BCUT2D eigenvalue weighted by Gasteiger charge is 2.55. The van der Waals surface area contributed by atoms with Crippen LogP contribution >= 0.6 is 33.2 Å². The molecule has 15 heteroatoms.